The highest BCUT2D eigenvalue weighted by molar-refractivity contribution is 5.14. The summed E-state index contributed by atoms with van der Waals surface area (Å²) in [5.41, 5.74) is 1.41. The predicted molar refractivity (Wildman–Crippen MR) is 110 cm³/mol. The van der Waals surface area contributed by atoms with Gasteiger partial charge in [0, 0.05) is 0 Å². The van der Waals surface area contributed by atoms with Crippen LogP contribution < -0.4 is 0 Å². The van der Waals surface area contributed by atoms with E-state index in [1.165, 1.54) is 24.8 Å². The lowest BCUT2D eigenvalue weighted by Crippen LogP contribution is -2.22. The highest BCUT2D eigenvalue weighted by Gasteiger charge is 2.40. The smallest absolute Gasteiger partial charge is 0.0599 e. The Morgan fingerprint density at radius 1 is 1.04 bits per heavy atom. The molecule has 2 N–H and O–H groups in total. The van der Waals surface area contributed by atoms with E-state index in [1.54, 1.807) is 0 Å². The van der Waals surface area contributed by atoms with Crippen molar-refractivity contribution >= 4 is 0 Å². The average Bonchev–Trinajstić information content (AvgIpc) is 2.91. The van der Waals surface area contributed by atoms with Crippen molar-refractivity contribution in [2.24, 2.45) is 17.8 Å². The molecule has 0 aliphatic heterocycles. The molecule has 5 atom stereocenters. The molecule has 0 unspecified atom stereocenters. The predicted octanol–water partition coefficient (Wildman–Crippen LogP) is 5.53. The standard InChI is InChI=1S/C24H38O2/c1-3-4-5-6-10-13-21-22(24(26)18-23(21)25)17-15-19(2)14-16-20-11-8-7-9-12-20/h6-12,19,21-26H,3-5,13-18H2,1-2H3/b10-6-/t19-,21+,22+,23-,24+/m0/s1. The Bertz CT molecular complexity index is 510. The fourth-order valence-corrected chi connectivity index (χ4v) is 4.28. The molecule has 146 valence electrons. The summed E-state index contributed by atoms with van der Waals surface area (Å²) in [6, 6.07) is 10.7. The summed E-state index contributed by atoms with van der Waals surface area (Å²) >= 11 is 0. The Hall–Kier alpha value is -1.12. The van der Waals surface area contributed by atoms with E-state index in [9.17, 15) is 10.2 Å². The molecule has 1 aliphatic carbocycles. The van der Waals surface area contributed by atoms with Crippen molar-refractivity contribution in [3.05, 3.63) is 48.0 Å². The maximum Gasteiger partial charge on any atom is 0.0599 e. The number of aryl methyl sites for hydroxylation is 1. The number of hydrogen-bond acceptors (Lipinski definition) is 2. The topological polar surface area (TPSA) is 40.5 Å². The number of aliphatic hydroxyl groups excluding tert-OH is 2. The molecule has 2 nitrogen and oxygen atoms in total. The van der Waals surface area contributed by atoms with Gasteiger partial charge in [-0.05, 0) is 61.8 Å². The molecule has 1 aliphatic rings. The summed E-state index contributed by atoms with van der Waals surface area (Å²) in [6.45, 7) is 4.53. The van der Waals surface area contributed by atoms with Crippen LogP contribution in [0.5, 0.6) is 0 Å². The summed E-state index contributed by atoms with van der Waals surface area (Å²) in [4.78, 5) is 0. The van der Waals surface area contributed by atoms with Gasteiger partial charge >= 0.3 is 0 Å². The van der Waals surface area contributed by atoms with E-state index in [1.807, 2.05) is 0 Å². The van der Waals surface area contributed by atoms with Crippen LogP contribution in [0.1, 0.15) is 70.8 Å². The Morgan fingerprint density at radius 2 is 1.77 bits per heavy atom. The second kappa shape index (κ2) is 11.6. The molecule has 0 saturated heterocycles. The van der Waals surface area contributed by atoms with Crippen molar-refractivity contribution < 1.29 is 10.2 Å². The van der Waals surface area contributed by atoms with Gasteiger partial charge in [0.05, 0.1) is 12.2 Å². The van der Waals surface area contributed by atoms with Crippen molar-refractivity contribution in [1.82, 2.24) is 0 Å². The van der Waals surface area contributed by atoms with E-state index >= 15 is 0 Å². The van der Waals surface area contributed by atoms with Gasteiger partial charge in [0.2, 0.25) is 0 Å². The minimum absolute atomic E-state index is 0.226. The number of hydrogen-bond donors (Lipinski definition) is 2. The summed E-state index contributed by atoms with van der Waals surface area (Å²) < 4.78 is 0. The number of aliphatic hydroxyl groups is 2. The molecule has 2 heteroatoms. The SMILES string of the molecule is CCCC/C=C\C[C@@H]1[C@@H](CC[C@@H](C)CCc2ccccc2)[C@H](O)C[C@@H]1O. The molecule has 0 heterocycles. The third-order valence-electron chi connectivity index (χ3n) is 6.08. The van der Waals surface area contributed by atoms with Crippen LogP contribution in [0.25, 0.3) is 0 Å². The van der Waals surface area contributed by atoms with Gasteiger partial charge in [0.1, 0.15) is 0 Å². The first-order valence-electron chi connectivity index (χ1n) is 10.7. The lowest BCUT2D eigenvalue weighted by molar-refractivity contribution is 0.105. The fourth-order valence-electron chi connectivity index (χ4n) is 4.28. The van der Waals surface area contributed by atoms with Crippen LogP contribution in [0.3, 0.4) is 0 Å². The Labute approximate surface area is 160 Å². The highest BCUT2D eigenvalue weighted by Crippen LogP contribution is 2.39. The number of benzene rings is 1. The first-order valence-corrected chi connectivity index (χ1v) is 10.7. The second-order valence-corrected chi connectivity index (χ2v) is 8.25. The number of unbranched alkanes of at least 4 members (excludes halogenated alkanes) is 2. The van der Waals surface area contributed by atoms with Gasteiger partial charge in [0.25, 0.3) is 0 Å². The molecule has 0 bridgehead atoms. The van der Waals surface area contributed by atoms with Gasteiger partial charge in [-0.2, -0.15) is 0 Å². The largest absolute Gasteiger partial charge is 0.393 e. The molecule has 0 aromatic heterocycles. The van der Waals surface area contributed by atoms with E-state index in [0.29, 0.717) is 12.3 Å². The van der Waals surface area contributed by atoms with E-state index in [2.05, 4.69) is 56.3 Å². The molecule has 1 saturated carbocycles. The van der Waals surface area contributed by atoms with E-state index in [-0.39, 0.29) is 24.0 Å². The number of allylic oxidation sites excluding steroid dienone is 2. The van der Waals surface area contributed by atoms with Gasteiger partial charge < -0.3 is 10.2 Å². The number of rotatable bonds is 11. The van der Waals surface area contributed by atoms with Crippen LogP contribution in [0.15, 0.2) is 42.5 Å². The zero-order valence-electron chi connectivity index (χ0n) is 16.7. The van der Waals surface area contributed by atoms with Gasteiger partial charge in [-0.15, -0.1) is 0 Å². The van der Waals surface area contributed by atoms with Gasteiger partial charge in [0.15, 0.2) is 0 Å². The van der Waals surface area contributed by atoms with Crippen LogP contribution in [0.2, 0.25) is 0 Å². The summed E-state index contributed by atoms with van der Waals surface area (Å²) in [7, 11) is 0. The van der Waals surface area contributed by atoms with Crippen LogP contribution in [0, 0.1) is 17.8 Å². The van der Waals surface area contributed by atoms with E-state index in [0.717, 1.165) is 32.1 Å². The van der Waals surface area contributed by atoms with Gasteiger partial charge in [-0.1, -0.05) is 75.6 Å². The molecule has 1 aromatic rings. The maximum atomic E-state index is 10.4. The van der Waals surface area contributed by atoms with Gasteiger partial charge in [-0.25, -0.2) is 0 Å². The molecule has 2 rings (SSSR count). The minimum Gasteiger partial charge on any atom is -0.393 e. The lowest BCUT2D eigenvalue weighted by Gasteiger charge is -2.24. The minimum atomic E-state index is -0.342. The monoisotopic (exact) mass is 358 g/mol. The molecule has 0 spiro atoms. The molecular weight excluding hydrogens is 320 g/mol. The summed E-state index contributed by atoms with van der Waals surface area (Å²) in [5, 5.41) is 20.8. The Kier molecular flexibility index (Phi) is 9.42. The zero-order valence-corrected chi connectivity index (χ0v) is 16.7. The Balaban J connectivity index is 1.76. The van der Waals surface area contributed by atoms with Crippen LogP contribution in [0.4, 0.5) is 0 Å². The van der Waals surface area contributed by atoms with Crippen molar-refractivity contribution in [2.45, 2.75) is 83.8 Å². The summed E-state index contributed by atoms with van der Waals surface area (Å²) in [6.07, 6.45) is 13.3. The molecule has 1 aromatic carbocycles. The lowest BCUT2D eigenvalue weighted by atomic mass is 9.84. The van der Waals surface area contributed by atoms with Crippen LogP contribution in [-0.2, 0) is 6.42 Å². The maximum absolute atomic E-state index is 10.4. The first-order chi connectivity index (χ1) is 12.6. The molecule has 0 radical (unpaired) electrons. The molecule has 1 fully saturated rings. The van der Waals surface area contributed by atoms with Gasteiger partial charge in [-0.3, -0.25) is 0 Å². The molecule has 26 heavy (non-hydrogen) atoms. The average molecular weight is 359 g/mol. The third-order valence-corrected chi connectivity index (χ3v) is 6.08. The van der Waals surface area contributed by atoms with E-state index in [4.69, 9.17) is 0 Å². The van der Waals surface area contributed by atoms with Crippen molar-refractivity contribution in [1.29, 1.82) is 0 Å². The normalized spacial score (nSPS) is 27.2. The molecule has 0 amide bonds. The Morgan fingerprint density at radius 3 is 2.50 bits per heavy atom. The van der Waals surface area contributed by atoms with Crippen molar-refractivity contribution in [3.63, 3.8) is 0 Å². The highest BCUT2D eigenvalue weighted by atomic mass is 16.3. The molecular formula is C24H38O2. The zero-order chi connectivity index (χ0) is 18.8. The third kappa shape index (κ3) is 6.89. The van der Waals surface area contributed by atoms with E-state index < -0.39 is 0 Å². The van der Waals surface area contributed by atoms with Crippen molar-refractivity contribution in [3.8, 4) is 0 Å². The second-order valence-electron chi connectivity index (χ2n) is 8.25. The van der Waals surface area contributed by atoms with Crippen molar-refractivity contribution in [2.75, 3.05) is 0 Å². The van der Waals surface area contributed by atoms with Crippen LogP contribution >= 0.6 is 0 Å². The van der Waals surface area contributed by atoms with Crippen LogP contribution in [-0.4, -0.2) is 22.4 Å². The quantitative estimate of drug-likeness (QED) is 0.403. The summed E-state index contributed by atoms with van der Waals surface area (Å²) in [5.74, 6) is 1.13. The first kappa shape index (κ1) is 21.2. The fraction of sp³-hybridized carbons (Fsp3) is 0.667.